The summed E-state index contributed by atoms with van der Waals surface area (Å²) in [6.07, 6.45) is 5.46. The van der Waals surface area contributed by atoms with Crippen LogP contribution in [0.25, 0.3) is 0 Å². The molecular weight excluding hydrogens is 172 g/mol. The first-order chi connectivity index (χ1) is 6.50. The highest BCUT2D eigenvalue weighted by Crippen LogP contribution is 2.27. The number of terminal acetylenes is 1. The fraction of sp³-hybridized carbons (Fsp3) is 0.385. The van der Waals surface area contributed by atoms with Gasteiger partial charge in [0, 0.05) is 5.56 Å². The average Bonchev–Trinajstić information content (AvgIpc) is 2.15. The molecule has 0 bridgehead atoms. The Balaban J connectivity index is 3.39. The van der Waals surface area contributed by atoms with E-state index in [1.165, 1.54) is 0 Å². The van der Waals surface area contributed by atoms with Crippen molar-refractivity contribution in [3.63, 3.8) is 0 Å². The van der Waals surface area contributed by atoms with Crippen LogP contribution in [-0.4, -0.2) is 5.11 Å². The van der Waals surface area contributed by atoms with Crippen LogP contribution >= 0.6 is 0 Å². The quantitative estimate of drug-likeness (QED) is 0.671. The molecule has 1 heteroatoms. The molecule has 0 amide bonds. The number of hydrogen-bond donors (Lipinski definition) is 1. The van der Waals surface area contributed by atoms with Crippen LogP contribution in [0.1, 0.15) is 37.5 Å². The minimum absolute atomic E-state index is 0.00343. The second-order valence-corrected chi connectivity index (χ2v) is 4.39. The average molecular weight is 188 g/mol. The maximum Gasteiger partial charge on any atom is 0.0694 e. The van der Waals surface area contributed by atoms with Gasteiger partial charge in [0.15, 0.2) is 0 Å². The highest BCUT2D eigenvalue weighted by molar-refractivity contribution is 5.48. The lowest BCUT2D eigenvalue weighted by atomic mass is 9.82. The Morgan fingerprint density at radius 1 is 1.36 bits per heavy atom. The third-order valence-corrected chi connectivity index (χ3v) is 2.27. The Morgan fingerprint density at radius 3 is 2.43 bits per heavy atom. The summed E-state index contributed by atoms with van der Waals surface area (Å²) in [7, 11) is 0. The molecule has 0 fully saturated rings. The van der Waals surface area contributed by atoms with Gasteiger partial charge in [0.1, 0.15) is 0 Å². The van der Waals surface area contributed by atoms with Gasteiger partial charge < -0.3 is 5.11 Å². The predicted octanol–water partition coefficient (Wildman–Crippen LogP) is 2.46. The van der Waals surface area contributed by atoms with Crippen molar-refractivity contribution in [2.45, 2.75) is 32.8 Å². The Morgan fingerprint density at radius 2 is 2.00 bits per heavy atom. The minimum atomic E-state index is 0.00343. The fourth-order valence-electron chi connectivity index (χ4n) is 1.53. The van der Waals surface area contributed by atoms with Crippen molar-refractivity contribution < 1.29 is 5.11 Å². The van der Waals surface area contributed by atoms with Crippen molar-refractivity contribution in [3.8, 4) is 12.3 Å². The van der Waals surface area contributed by atoms with Gasteiger partial charge in [-0.1, -0.05) is 44.9 Å². The van der Waals surface area contributed by atoms with E-state index in [9.17, 15) is 0 Å². The largest absolute Gasteiger partial charge is 0.392 e. The third-order valence-electron chi connectivity index (χ3n) is 2.27. The molecule has 1 aromatic carbocycles. The Hall–Kier alpha value is -1.26. The molecule has 0 saturated carbocycles. The molecule has 0 aliphatic carbocycles. The predicted molar refractivity (Wildman–Crippen MR) is 59.0 cm³/mol. The van der Waals surface area contributed by atoms with Crippen LogP contribution in [0.3, 0.4) is 0 Å². The first-order valence-electron chi connectivity index (χ1n) is 4.70. The SMILES string of the molecule is C#Cc1c(CO)cccc1C(C)(C)C. The molecule has 1 N–H and O–H groups in total. The maximum absolute atomic E-state index is 9.14. The monoisotopic (exact) mass is 188 g/mol. The Kier molecular flexibility index (Phi) is 2.98. The van der Waals surface area contributed by atoms with Gasteiger partial charge in [0.25, 0.3) is 0 Å². The fourth-order valence-corrected chi connectivity index (χ4v) is 1.53. The third kappa shape index (κ3) is 1.97. The Labute approximate surface area is 85.8 Å². The lowest BCUT2D eigenvalue weighted by Crippen LogP contribution is -2.14. The van der Waals surface area contributed by atoms with Gasteiger partial charge in [-0.2, -0.15) is 0 Å². The zero-order chi connectivity index (χ0) is 10.8. The van der Waals surface area contributed by atoms with Gasteiger partial charge in [0.2, 0.25) is 0 Å². The first-order valence-corrected chi connectivity index (χ1v) is 4.70. The number of aliphatic hydroxyl groups excluding tert-OH is 1. The van der Waals surface area contributed by atoms with Crippen LogP contribution in [0, 0.1) is 12.3 Å². The van der Waals surface area contributed by atoms with E-state index in [1.807, 2.05) is 18.2 Å². The minimum Gasteiger partial charge on any atom is -0.392 e. The van der Waals surface area contributed by atoms with Crippen LogP contribution < -0.4 is 0 Å². The van der Waals surface area contributed by atoms with Crippen molar-refractivity contribution in [1.82, 2.24) is 0 Å². The van der Waals surface area contributed by atoms with Crippen molar-refractivity contribution >= 4 is 0 Å². The molecule has 1 aromatic rings. The number of hydrogen-bond acceptors (Lipinski definition) is 1. The first kappa shape index (κ1) is 10.8. The molecule has 0 aromatic heterocycles. The van der Waals surface area contributed by atoms with Gasteiger partial charge in [-0.05, 0) is 16.5 Å². The molecule has 0 atom stereocenters. The molecule has 0 heterocycles. The van der Waals surface area contributed by atoms with Crippen molar-refractivity contribution in [2.24, 2.45) is 0 Å². The lowest BCUT2D eigenvalue weighted by molar-refractivity contribution is 0.281. The lowest BCUT2D eigenvalue weighted by Gasteiger charge is -2.22. The summed E-state index contributed by atoms with van der Waals surface area (Å²) in [5.74, 6) is 2.66. The summed E-state index contributed by atoms with van der Waals surface area (Å²) in [5.41, 5.74) is 2.81. The molecule has 0 saturated heterocycles. The van der Waals surface area contributed by atoms with Crippen molar-refractivity contribution in [3.05, 3.63) is 34.9 Å². The van der Waals surface area contributed by atoms with Crippen LogP contribution in [0.4, 0.5) is 0 Å². The van der Waals surface area contributed by atoms with Gasteiger partial charge in [0.05, 0.1) is 6.61 Å². The molecule has 0 radical (unpaired) electrons. The van der Waals surface area contributed by atoms with Gasteiger partial charge in [-0.25, -0.2) is 0 Å². The summed E-state index contributed by atoms with van der Waals surface area (Å²) in [6.45, 7) is 6.35. The molecule has 1 nitrogen and oxygen atoms in total. The highest BCUT2D eigenvalue weighted by atomic mass is 16.3. The van der Waals surface area contributed by atoms with E-state index in [1.54, 1.807) is 0 Å². The second-order valence-electron chi connectivity index (χ2n) is 4.39. The van der Waals surface area contributed by atoms with Gasteiger partial charge in [-0.3, -0.25) is 0 Å². The van der Waals surface area contributed by atoms with E-state index in [0.717, 1.165) is 16.7 Å². The van der Waals surface area contributed by atoms with Crippen molar-refractivity contribution in [1.29, 1.82) is 0 Å². The number of rotatable bonds is 1. The molecule has 0 spiro atoms. The zero-order valence-electron chi connectivity index (χ0n) is 8.96. The van der Waals surface area contributed by atoms with E-state index >= 15 is 0 Å². The smallest absolute Gasteiger partial charge is 0.0694 e. The Bertz CT molecular complexity index is 364. The highest BCUT2D eigenvalue weighted by Gasteiger charge is 2.18. The van der Waals surface area contributed by atoms with Crippen LogP contribution in [0.2, 0.25) is 0 Å². The van der Waals surface area contributed by atoms with Crippen molar-refractivity contribution in [2.75, 3.05) is 0 Å². The molecule has 14 heavy (non-hydrogen) atoms. The van der Waals surface area contributed by atoms with Gasteiger partial charge >= 0.3 is 0 Å². The van der Waals surface area contributed by atoms with Gasteiger partial charge in [-0.15, -0.1) is 6.42 Å². The number of aliphatic hydroxyl groups is 1. The molecule has 74 valence electrons. The van der Waals surface area contributed by atoms with Crippen LogP contribution in [-0.2, 0) is 12.0 Å². The van der Waals surface area contributed by atoms with Crippen LogP contribution in [0.5, 0.6) is 0 Å². The molecule has 1 rings (SSSR count). The van der Waals surface area contributed by atoms with E-state index in [2.05, 4.69) is 26.7 Å². The summed E-state index contributed by atoms with van der Waals surface area (Å²) in [6, 6.07) is 5.83. The molecule has 0 unspecified atom stereocenters. The molecule has 0 aliphatic heterocycles. The standard InChI is InChI=1S/C13H16O/c1-5-11-10(9-14)7-6-8-12(11)13(2,3)4/h1,6-8,14H,9H2,2-4H3. The number of benzene rings is 1. The summed E-state index contributed by atoms with van der Waals surface area (Å²) < 4.78 is 0. The normalized spacial score (nSPS) is 11.1. The summed E-state index contributed by atoms with van der Waals surface area (Å²) in [5, 5.41) is 9.14. The van der Waals surface area contributed by atoms with E-state index < -0.39 is 0 Å². The summed E-state index contributed by atoms with van der Waals surface area (Å²) in [4.78, 5) is 0. The van der Waals surface area contributed by atoms with E-state index in [4.69, 9.17) is 11.5 Å². The van der Waals surface area contributed by atoms with Crippen LogP contribution in [0.15, 0.2) is 18.2 Å². The van der Waals surface area contributed by atoms with E-state index in [0.29, 0.717) is 0 Å². The van der Waals surface area contributed by atoms with E-state index in [-0.39, 0.29) is 12.0 Å². The molecule has 0 aliphatic rings. The summed E-state index contributed by atoms with van der Waals surface area (Å²) >= 11 is 0. The second kappa shape index (κ2) is 3.86. The zero-order valence-corrected chi connectivity index (χ0v) is 8.96. The maximum atomic E-state index is 9.14. The molecular formula is C13H16O. The topological polar surface area (TPSA) is 20.2 Å².